The van der Waals surface area contributed by atoms with Gasteiger partial charge in [0.15, 0.2) is 0 Å². The first kappa shape index (κ1) is 9.58. The molecule has 1 fully saturated rings. The van der Waals surface area contributed by atoms with Crippen LogP contribution in [0.25, 0.3) is 10.9 Å². The SMILES string of the molecule is Oc1cc2cc(F)ccc2nc1C1CCC1. The highest BCUT2D eigenvalue weighted by molar-refractivity contribution is 5.80. The van der Waals surface area contributed by atoms with Gasteiger partial charge in [-0.05, 0) is 37.1 Å². The second-order valence-corrected chi connectivity index (χ2v) is 4.36. The molecule has 0 bridgehead atoms. The molecule has 2 nitrogen and oxygen atoms in total. The van der Waals surface area contributed by atoms with E-state index in [1.165, 1.54) is 18.6 Å². The van der Waals surface area contributed by atoms with E-state index in [9.17, 15) is 9.50 Å². The van der Waals surface area contributed by atoms with Gasteiger partial charge in [0.1, 0.15) is 11.6 Å². The van der Waals surface area contributed by atoms with Crippen molar-refractivity contribution in [2.75, 3.05) is 0 Å². The number of nitrogens with zero attached hydrogens (tertiary/aromatic N) is 1. The summed E-state index contributed by atoms with van der Waals surface area (Å²) in [6.45, 7) is 0. The predicted octanol–water partition coefficient (Wildman–Crippen LogP) is 3.35. The highest BCUT2D eigenvalue weighted by Crippen LogP contribution is 2.40. The fourth-order valence-electron chi connectivity index (χ4n) is 2.13. The van der Waals surface area contributed by atoms with E-state index in [-0.39, 0.29) is 11.6 Å². The molecule has 1 N–H and O–H groups in total. The van der Waals surface area contributed by atoms with Crippen LogP contribution in [-0.4, -0.2) is 10.1 Å². The van der Waals surface area contributed by atoms with Gasteiger partial charge in [0.2, 0.25) is 0 Å². The summed E-state index contributed by atoms with van der Waals surface area (Å²) in [6.07, 6.45) is 3.38. The third-order valence-corrected chi connectivity index (χ3v) is 3.28. The van der Waals surface area contributed by atoms with Gasteiger partial charge in [-0.3, -0.25) is 0 Å². The van der Waals surface area contributed by atoms with Gasteiger partial charge in [0.25, 0.3) is 0 Å². The fraction of sp³-hybridized carbons (Fsp3) is 0.308. The van der Waals surface area contributed by atoms with E-state index in [4.69, 9.17) is 0 Å². The van der Waals surface area contributed by atoms with Crippen LogP contribution in [0.4, 0.5) is 4.39 Å². The summed E-state index contributed by atoms with van der Waals surface area (Å²) >= 11 is 0. The van der Waals surface area contributed by atoms with Gasteiger partial charge in [0, 0.05) is 11.3 Å². The van der Waals surface area contributed by atoms with Crippen molar-refractivity contribution in [1.29, 1.82) is 0 Å². The van der Waals surface area contributed by atoms with Crippen LogP contribution in [0.5, 0.6) is 5.75 Å². The molecule has 16 heavy (non-hydrogen) atoms. The number of benzene rings is 1. The van der Waals surface area contributed by atoms with Gasteiger partial charge in [0.05, 0.1) is 11.2 Å². The van der Waals surface area contributed by atoms with Crippen molar-refractivity contribution in [2.45, 2.75) is 25.2 Å². The van der Waals surface area contributed by atoms with Crippen molar-refractivity contribution in [3.63, 3.8) is 0 Å². The number of aromatic hydroxyl groups is 1. The zero-order valence-corrected chi connectivity index (χ0v) is 8.78. The monoisotopic (exact) mass is 217 g/mol. The summed E-state index contributed by atoms with van der Waals surface area (Å²) in [5.74, 6) is 0.280. The van der Waals surface area contributed by atoms with Crippen molar-refractivity contribution in [1.82, 2.24) is 4.98 Å². The summed E-state index contributed by atoms with van der Waals surface area (Å²) in [4.78, 5) is 4.42. The number of halogens is 1. The molecule has 1 heterocycles. The fourth-order valence-corrected chi connectivity index (χ4v) is 2.13. The smallest absolute Gasteiger partial charge is 0.138 e. The van der Waals surface area contributed by atoms with E-state index < -0.39 is 0 Å². The van der Waals surface area contributed by atoms with E-state index in [2.05, 4.69) is 4.98 Å². The quantitative estimate of drug-likeness (QED) is 0.794. The largest absolute Gasteiger partial charge is 0.506 e. The molecule has 1 aliphatic carbocycles. The van der Waals surface area contributed by atoms with Gasteiger partial charge >= 0.3 is 0 Å². The maximum absolute atomic E-state index is 13.0. The average Bonchev–Trinajstić information content (AvgIpc) is 2.16. The first-order valence-corrected chi connectivity index (χ1v) is 5.53. The molecule has 1 aromatic heterocycles. The highest BCUT2D eigenvalue weighted by atomic mass is 19.1. The van der Waals surface area contributed by atoms with E-state index in [0.29, 0.717) is 11.3 Å². The lowest BCUT2D eigenvalue weighted by molar-refractivity contribution is 0.385. The van der Waals surface area contributed by atoms with Crippen molar-refractivity contribution >= 4 is 10.9 Å². The maximum Gasteiger partial charge on any atom is 0.138 e. The van der Waals surface area contributed by atoms with Gasteiger partial charge in [-0.2, -0.15) is 0 Å². The summed E-state index contributed by atoms with van der Waals surface area (Å²) in [6, 6.07) is 6.06. The molecule has 0 amide bonds. The second kappa shape index (κ2) is 3.44. The van der Waals surface area contributed by atoms with E-state index in [0.717, 1.165) is 24.1 Å². The number of fused-ring (bicyclic) bond motifs is 1. The zero-order valence-electron chi connectivity index (χ0n) is 8.78. The van der Waals surface area contributed by atoms with Crippen LogP contribution in [-0.2, 0) is 0 Å². The Morgan fingerprint density at radius 3 is 2.75 bits per heavy atom. The van der Waals surface area contributed by atoms with Crippen LogP contribution < -0.4 is 0 Å². The van der Waals surface area contributed by atoms with Gasteiger partial charge in [-0.25, -0.2) is 9.37 Å². The first-order chi connectivity index (χ1) is 7.74. The summed E-state index contributed by atoms with van der Waals surface area (Å²) in [7, 11) is 0. The van der Waals surface area contributed by atoms with Crippen LogP contribution >= 0.6 is 0 Å². The molecule has 1 saturated carbocycles. The molecular formula is C13H12FNO. The molecule has 82 valence electrons. The van der Waals surface area contributed by atoms with Crippen LogP contribution in [0, 0.1) is 5.82 Å². The van der Waals surface area contributed by atoms with E-state index in [1.54, 1.807) is 12.1 Å². The Bertz CT molecular complexity index is 549. The highest BCUT2D eigenvalue weighted by Gasteiger charge is 2.24. The standard InChI is InChI=1S/C13H12FNO/c14-10-4-5-11-9(6-10)7-12(16)13(15-11)8-2-1-3-8/h4-8,16H,1-3H2. The van der Waals surface area contributed by atoms with Gasteiger partial charge in [-0.15, -0.1) is 0 Å². The molecule has 0 unspecified atom stereocenters. The van der Waals surface area contributed by atoms with Gasteiger partial charge in [-0.1, -0.05) is 6.42 Å². The van der Waals surface area contributed by atoms with Crippen molar-refractivity contribution in [3.05, 3.63) is 35.8 Å². The molecule has 3 rings (SSSR count). The van der Waals surface area contributed by atoms with Crippen molar-refractivity contribution in [3.8, 4) is 5.75 Å². The Balaban J connectivity index is 2.17. The van der Waals surface area contributed by atoms with Gasteiger partial charge < -0.3 is 5.11 Å². The molecule has 3 heteroatoms. The zero-order chi connectivity index (χ0) is 11.1. The topological polar surface area (TPSA) is 33.1 Å². The lowest BCUT2D eigenvalue weighted by Crippen LogP contribution is -2.10. The van der Waals surface area contributed by atoms with Crippen LogP contribution in [0.2, 0.25) is 0 Å². The Morgan fingerprint density at radius 2 is 2.06 bits per heavy atom. The number of aromatic nitrogens is 1. The Labute approximate surface area is 92.7 Å². The lowest BCUT2D eigenvalue weighted by atomic mass is 9.82. The van der Waals surface area contributed by atoms with E-state index in [1.807, 2.05) is 0 Å². The summed E-state index contributed by atoms with van der Waals surface area (Å²) in [5, 5.41) is 10.5. The Morgan fingerprint density at radius 1 is 1.25 bits per heavy atom. The summed E-state index contributed by atoms with van der Waals surface area (Å²) < 4.78 is 13.0. The lowest BCUT2D eigenvalue weighted by Gasteiger charge is -2.25. The van der Waals surface area contributed by atoms with Crippen molar-refractivity contribution < 1.29 is 9.50 Å². The number of rotatable bonds is 1. The van der Waals surface area contributed by atoms with E-state index >= 15 is 0 Å². The predicted molar refractivity (Wildman–Crippen MR) is 60.0 cm³/mol. The average molecular weight is 217 g/mol. The molecular weight excluding hydrogens is 205 g/mol. The minimum Gasteiger partial charge on any atom is -0.506 e. The third kappa shape index (κ3) is 1.43. The second-order valence-electron chi connectivity index (χ2n) is 4.36. The number of hydrogen-bond acceptors (Lipinski definition) is 2. The molecule has 2 aromatic rings. The molecule has 0 radical (unpaired) electrons. The molecule has 0 saturated heterocycles. The molecule has 1 aromatic carbocycles. The third-order valence-electron chi connectivity index (χ3n) is 3.28. The van der Waals surface area contributed by atoms with Crippen molar-refractivity contribution in [2.24, 2.45) is 0 Å². The Hall–Kier alpha value is -1.64. The molecule has 0 spiro atoms. The first-order valence-electron chi connectivity index (χ1n) is 5.53. The minimum absolute atomic E-state index is 0.197. The molecule has 0 aliphatic heterocycles. The minimum atomic E-state index is -0.301. The Kier molecular flexibility index (Phi) is 2.06. The maximum atomic E-state index is 13.0. The van der Waals surface area contributed by atoms with Crippen LogP contribution in [0.15, 0.2) is 24.3 Å². The number of pyridine rings is 1. The number of hydrogen-bond donors (Lipinski definition) is 1. The van der Waals surface area contributed by atoms with Crippen LogP contribution in [0.3, 0.4) is 0 Å². The summed E-state index contributed by atoms with van der Waals surface area (Å²) in [5.41, 5.74) is 1.52. The normalized spacial score (nSPS) is 16.3. The molecule has 1 aliphatic rings. The molecule has 0 atom stereocenters. The van der Waals surface area contributed by atoms with Crippen LogP contribution in [0.1, 0.15) is 30.9 Å².